The SMILES string of the molecule is Cc1ccc(Cc2cc(CSP3NCCCO3)ccc2[N+](=O)[O-])cc1. The van der Waals surface area contributed by atoms with Crippen LogP contribution in [0.1, 0.15) is 28.7 Å². The summed E-state index contributed by atoms with van der Waals surface area (Å²) in [6, 6.07) is 13.6. The number of hydrogen-bond donors (Lipinski definition) is 1. The Morgan fingerprint density at radius 2 is 2.00 bits per heavy atom. The topological polar surface area (TPSA) is 64.4 Å². The minimum atomic E-state index is -0.644. The van der Waals surface area contributed by atoms with Gasteiger partial charge in [-0.15, -0.1) is 0 Å². The second kappa shape index (κ2) is 8.77. The maximum Gasteiger partial charge on any atom is 0.272 e. The summed E-state index contributed by atoms with van der Waals surface area (Å²) < 4.78 is 5.71. The summed E-state index contributed by atoms with van der Waals surface area (Å²) in [7, 11) is -0.644. The molecule has 0 bridgehead atoms. The molecule has 7 heteroatoms. The van der Waals surface area contributed by atoms with E-state index in [0.717, 1.165) is 42.0 Å². The molecule has 1 heterocycles. The van der Waals surface area contributed by atoms with Crippen molar-refractivity contribution in [3.05, 3.63) is 74.8 Å². The Labute approximate surface area is 153 Å². The zero-order valence-corrected chi connectivity index (χ0v) is 15.8. The maximum atomic E-state index is 11.4. The van der Waals surface area contributed by atoms with Crippen molar-refractivity contribution in [2.75, 3.05) is 13.2 Å². The fourth-order valence-electron chi connectivity index (χ4n) is 2.63. The number of hydrogen-bond acceptors (Lipinski definition) is 5. The highest BCUT2D eigenvalue weighted by Gasteiger charge is 2.17. The number of nitro groups is 1. The summed E-state index contributed by atoms with van der Waals surface area (Å²) in [4.78, 5) is 11.1. The van der Waals surface area contributed by atoms with Crippen LogP contribution in [0.25, 0.3) is 0 Å². The molecule has 0 amide bonds. The van der Waals surface area contributed by atoms with Crippen molar-refractivity contribution in [1.29, 1.82) is 0 Å². The van der Waals surface area contributed by atoms with Crippen LogP contribution in [-0.2, 0) is 16.7 Å². The van der Waals surface area contributed by atoms with Gasteiger partial charge in [-0.25, -0.2) is 0 Å². The van der Waals surface area contributed by atoms with Gasteiger partial charge in [-0.2, -0.15) is 0 Å². The summed E-state index contributed by atoms with van der Waals surface area (Å²) in [5, 5.41) is 14.7. The van der Waals surface area contributed by atoms with Gasteiger partial charge in [-0.3, -0.25) is 15.2 Å². The summed E-state index contributed by atoms with van der Waals surface area (Å²) in [6.45, 7) is 3.84. The first-order valence-electron chi connectivity index (χ1n) is 8.23. The molecule has 2 aromatic rings. The van der Waals surface area contributed by atoms with Crippen molar-refractivity contribution in [2.24, 2.45) is 0 Å². The van der Waals surface area contributed by atoms with Gasteiger partial charge in [0.15, 0.2) is 7.50 Å². The Hall–Kier alpha value is -1.46. The Balaban J connectivity index is 1.74. The molecule has 2 aromatic carbocycles. The molecule has 1 unspecified atom stereocenters. The lowest BCUT2D eigenvalue weighted by Gasteiger charge is -2.22. The smallest absolute Gasteiger partial charge is 0.272 e. The predicted octanol–water partition coefficient (Wildman–Crippen LogP) is 4.96. The quantitative estimate of drug-likeness (QED) is 0.438. The van der Waals surface area contributed by atoms with Crippen molar-refractivity contribution in [1.82, 2.24) is 5.09 Å². The van der Waals surface area contributed by atoms with Crippen molar-refractivity contribution in [2.45, 2.75) is 25.5 Å². The van der Waals surface area contributed by atoms with E-state index in [1.165, 1.54) is 5.56 Å². The third-order valence-electron chi connectivity index (χ3n) is 3.97. The van der Waals surface area contributed by atoms with Crippen molar-refractivity contribution >= 4 is 24.6 Å². The van der Waals surface area contributed by atoms with Crippen LogP contribution < -0.4 is 5.09 Å². The van der Waals surface area contributed by atoms with Gasteiger partial charge in [0, 0.05) is 30.3 Å². The molecule has 25 heavy (non-hydrogen) atoms. The highest BCUT2D eigenvalue weighted by atomic mass is 32.7. The first kappa shape index (κ1) is 18.3. The van der Waals surface area contributed by atoms with E-state index in [4.69, 9.17) is 4.52 Å². The number of rotatable bonds is 6. The Kier molecular flexibility index (Phi) is 6.43. The van der Waals surface area contributed by atoms with E-state index in [9.17, 15) is 10.1 Å². The van der Waals surface area contributed by atoms with Crippen LogP contribution in [0.15, 0.2) is 42.5 Å². The molecule has 0 saturated carbocycles. The van der Waals surface area contributed by atoms with E-state index in [1.54, 1.807) is 17.4 Å². The van der Waals surface area contributed by atoms with Crippen LogP contribution in [0.5, 0.6) is 0 Å². The van der Waals surface area contributed by atoms with E-state index in [1.807, 2.05) is 43.3 Å². The van der Waals surface area contributed by atoms with Gasteiger partial charge in [0.1, 0.15) is 0 Å². The number of nitro benzene ring substituents is 1. The predicted molar refractivity (Wildman–Crippen MR) is 104 cm³/mol. The lowest BCUT2D eigenvalue weighted by Crippen LogP contribution is -2.16. The van der Waals surface area contributed by atoms with E-state index >= 15 is 0 Å². The molecule has 0 aliphatic carbocycles. The molecule has 1 fully saturated rings. The summed E-state index contributed by atoms with van der Waals surface area (Å²) >= 11 is 1.74. The van der Waals surface area contributed by atoms with Gasteiger partial charge < -0.3 is 4.52 Å². The molecular weight excluding hydrogens is 355 g/mol. The van der Waals surface area contributed by atoms with Crippen LogP contribution in [0.2, 0.25) is 0 Å². The highest BCUT2D eigenvalue weighted by Crippen LogP contribution is 2.50. The molecule has 0 spiro atoms. The lowest BCUT2D eigenvalue weighted by atomic mass is 10.0. The van der Waals surface area contributed by atoms with Gasteiger partial charge in [0.25, 0.3) is 5.69 Å². The molecular formula is C18H21N2O3PS. The molecule has 3 rings (SSSR count). The molecule has 1 atom stereocenters. The molecule has 1 aliphatic rings. The second-order valence-electron chi connectivity index (χ2n) is 6.01. The van der Waals surface area contributed by atoms with Crippen molar-refractivity contribution < 1.29 is 9.45 Å². The normalized spacial score (nSPS) is 17.4. The average molecular weight is 376 g/mol. The van der Waals surface area contributed by atoms with Gasteiger partial charge in [-0.05, 0) is 30.5 Å². The summed E-state index contributed by atoms with van der Waals surface area (Å²) in [5.74, 6) is 0.789. The molecule has 0 radical (unpaired) electrons. The fourth-order valence-corrected chi connectivity index (χ4v) is 5.76. The van der Waals surface area contributed by atoms with Gasteiger partial charge >= 0.3 is 0 Å². The van der Waals surface area contributed by atoms with Crippen molar-refractivity contribution in [3.8, 4) is 0 Å². The largest absolute Gasteiger partial charge is 0.335 e. The molecule has 132 valence electrons. The molecule has 1 aliphatic heterocycles. The van der Waals surface area contributed by atoms with E-state index in [2.05, 4.69) is 5.09 Å². The van der Waals surface area contributed by atoms with E-state index in [-0.39, 0.29) is 10.6 Å². The minimum absolute atomic E-state index is 0.187. The molecule has 0 aromatic heterocycles. The maximum absolute atomic E-state index is 11.4. The standard InChI is InChI=1S/C18H21N2O3PS/c1-14-3-5-15(6-4-14)11-17-12-16(7-8-18(17)20(21)22)13-25-24-19-9-2-10-23-24/h3-8,12,19H,2,9-11,13H2,1H3. The van der Waals surface area contributed by atoms with Gasteiger partial charge in [-0.1, -0.05) is 47.3 Å². The van der Waals surface area contributed by atoms with Crippen LogP contribution in [0.4, 0.5) is 5.69 Å². The highest BCUT2D eigenvalue weighted by molar-refractivity contribution is 8.53. The third kappa shape index (κ3) is 5.25. The van der Waals surface area contributed by atoms with Crippen molar-refractivity contribution in [3.63, 3.8) is 0 Å². The van der Waals surface area contributed by atoms with Crippen LogP contribution in [0.3, 0.4) is 0 Å². The van der Waals surface area contributed by atoms with E-state index in [0.29, 0.717) is 6.42 Å². The molecule has 1 N–H and O–H groups in total. The number of benzene rings is 2. The van der Waals surface area contributed by atoms with Gasteiger partial charge in [0.05, 0.1) is 11.5 Å². The Morgan fingerprint density at radius 3 is 2.68 bits per heavy atom. The average Bonchev–Trinajstić information content (AvgIpc) is 2.63. The first-order chi connectivity index (χ1) is 12.1. The molecule has 1 saturated heterocycles. The van der Waals surface area contributed by atoms with Gasteiger partial charge in [0.2, 0.25) is 0 Å². The molecule has 5 nitrogen and oxygen atoms in total. The van der Waals surface area contributed by atoms with Crippen LogP contribution >= 0.6 is 18.9 Å². The zero-order valence-electron chi connectivity index (χ0n) is 14.1. The fraction of sp³-hybridized carbons (Fsp3) is 0.333. The lowest BCUT2D eigenvalue weighted by molar-refractivity contribution is -0.385. The van der Waals surface area contributed by atoms with Crippen LogP contribution in [0, 0.1) is 17.0 Å². The Bertz CT molecular complexity index is 734. The minimum Gasteiger partial charge on any atom is -0.335 e. The number of nitrogens with zero attached hydrogens (tertiary/aromatic N) is 1. The van der Waals surface area contributed by atoms with E-state index < -0.39 is 7.50 Å². The van der Waals surface area contributed by atoms with Crippen LogP contribution in [-0.4, -0.2) is 18.1 Å². The second-order valence-corrected chi connectivity index (χ2v) is 9.41. The number of aryl methyl sites for hydroxylation is 1. The first-order valence-corrected chi connectivity index (χ1v) is 11.1. The summed E-state index contributed by atoms with van der Waals surface area (Å²) in [6.07, 6.45) is 1.62. The summed E-state index contributed by atoms with van der Waals surface area (Å²) in [5.41, 5.74) is 4.31. The zero-order chi connectivity index (χ0) is 17.6. The third-order valence-corrected chi connectivity index (χ3v) is 7.36. The monoisotopic (exact) mass is 376 g/mol. The number of nitrogens with one attached hydrogen (secondary N) is 1. The Morgan fingerprint density at radius 1 is 1.24 bits per heavy atom.